The molecule has 2 N–H and O–H groups in total. The summed E-state index contributed by atoms with van der Waals surface area (Å²) in [6.07, 6.45) is 6.87. The summed E-state index contributed by atoms with van der Waals surface area (Å²) in [7, 11) is 0. The molecule has 2 aliphatic heterocycles. The quantitative estimate of drug-likeness (QED) is 0.450. The van der Waals surface area contributed by atoms with Gasteiger partial charge in [-0.3, -0.25) is 9.59 Å². The van der Waals surface area contributed by atoms with E-state index < -0.39 is 5.66 Å². The second-order valence-electron chi connectivity index (χ2n) is 14.2. The Morgan fingerprint density at radius 3 is 2.40 bits per heavy atom. The Kier molecular flexibility index (Phi) is 8.71. The van der Waals surface area contributed by atoms with Gasteiger partial charge in [-0.1, -0.05) is 58.9 Å². The number of hydrogen-bond donors (Lipinski definition) is 2. The van der Waals surface area contributed by atoms with Crippen LogP contribution in [0.15, 0.2) is 29.3 Å². The number of H-pyrrole nitrogens is 1. The SMILES string of the molecule is CC(C)CC[C@H](c1ccc(C(=O)NCc2nn[nH]n2)cc1)N1C(=O)C(N2CCC(C)C2)=NC12CCC(C(C)(C)C)CC2. The van der Waals surface area contributed by atoms with Crippen LogP contribution in [0.5, 0.6) is 0 Å². The van der Waals surface area contributed by atoms with E-state index in [1.807, 2.05) is 24.3 Å². The van der Waals surface area contributed by atoms with Crippen molar-refractivity contribution in [1.82, 2.24) is 35.7 Å². The molecule has 1 aliphatic carbocycles. The summed E-state index contributed by atoms with van der Waals surface area (Å²) in [6.45, 7) is 15.7. The minimum atomic E-state index is -0.512. The number of nitrogens with zero attached hydrogens (tertiary/aromatic N) is 6. The molecule has 228 valence electrons. The van der Waals surface area contributed by atoms with E-state index in [0.29, 0.717) is 35.0 Å². The van der Waals surface area contributed by atoms with Crippen LogP contribution in [0.2, 0.25) is 0 Å². The molecule has 1 spiro atoms. The van der Waals surface area contributed by atoms with Gasteiger partial charge in [0, 0.05) is 18.7 Å². The molecule has 1 unspecified atom stereocenters. The predicted octanol–water partition coefficient (Wildman–Crippen LogP) is 5.12. The van der Waals surface area contributed by atoms with Gasteiger partial charge in [0.2, 0.25) is 0 Å². The van der Waals surface area contributed by atoms with Crippen LogP contribution in [-0.2, 0) is 11.3 Å². The molecule has 42 heavy (non-hydrogen) atoms. The van der Waals surface area contributed by atoms with Crippen molar-refractivity contribution in [3.8, 4) is 0 Å². The second-order valence-corrected chi connectivity index (χ2v) is 14.2. The molecule has 3 aliphatic rings. The molecular weight excluding hydrogens is 528 g/mol. The lowest BCUT2D eigenvalue weighted by Gasteiger charge is -2.47. The number of amides is 2. The van der Waals surface area contributed by atoms with Gasteiger partial charge in [0.05, 0.1) is 12.6 Å². The lowest BCUT2D eigenvalue weighted by atomic mass is 9.69. The third-order valence-electron chi connectivity index (χ3n) is 9.59. The van der Waals surface area contributed by atoms with Gasteiger partial charge in [0.25, 0.3) is 11.8 Å². The fourth-order valence-corrected chi connectivity index (χ4v) is 6.97. The first-order valence-electron chi connectivity index (χ1n) is 15.8. The van der Waals surface area contributed by atoms with Crippen molar-refractivity contribution in [1.29, 1.82) is 0 Å². The van der Waals surface area contributed by atoms with E-state index >= 15 is 0 Å². The largest absolute Gasteiger partial charge is 0.352 e. The highest BCUT2D eigenvalue weighted by Crippen LogP contribution is 2.50. The Morgan fingerprint density at radius 1 is 1.12 bits per heavy atom. The maximum Gasteiger partial charge on any atom is 0.291 e. The molecule has 0 bridgehead atoms. The maximum absolute atomic E-state index is 14.5. The maximum atomic E-state index is 14.5. The van der Waals surface area contributed by atoms with Crippen LogP contribution >= 0.6 is 0 Å². The molecule has 1 saturated heterocycles. The van der Waals surface area contributed by atoms with E-state index in [4.69, 9.17) is 4.99 Å². The average Bonchev–Trinajstić information content (AvgIpc) is 3.69. The first-order chi connectivity index (χ1) is 20.0. The van der Waals surface area contributed by atoms with E-state index in [9.17, 15) is 9.59 Å². The number of carbonyl (C=O) groups is 2. The van der Waals surface area contributed by atoms with Crippen LogP contribution in [-0.4, -0.2) is 66.8 Å². The molecule has 3 heterocycles. The van der Waals surface area contributed by atoms with Gasteiger partial charge in [-0.05, 0) is 85.8 Å². The molecule has 5 rings (SSSR count). The van der Waals surface area contributed by atoms with Gasteiger partial charge in [-0.15, -0.1) is 10.2 Å². The van der Waals surface area contributed by atoms with Gasteiger partial charge in [0.1, 0.15) is 5.66 Å². The molecule has 0 radical (unpaired) electrons. The Labute approximate surface area is 250 Å². The number of carbonyl (C=O) groups excluding carboxylic acids is 2. The smallest absolute Gasteiger partial charge is 0.291 e. The number of benzene rings is 1. The summed E-state index contributed by atoms with van der Waals surface area (Å²) < 4.78 is 0. The van der Waals surface area contributed by atoms with Crippen molar-refractivity contribution in [2.75, 3.05) is 13.1 Å². The first-order valence-corrected chi connectivity index (χ1v) is 15.8. The fourth-order valence-electron chi connectivity index (χ4n) is 6.97. The van der Waals surface area contributed by atoms with Crippen LogP contribution in [0.25, 0.3) is 0 Å². The Morgan fingerprint density at radius 2 is 1.83 bits per heavy atom. The highest BCUT2D eigenvalue weighted by Gasteiger charge is 2.53. The number of aromatic nitrogens is 4. The standard InChI is InChI=1S/C32H48N8O2/c1-21(2)7-12-26(23-8-10-24(11-9-23)29(41)33-19-27-35-37-38-36-27)40-30(42)28(39-18-15-22(3)20-39)34-32(40)16-13-25(14-17-32)31(4,5)6/h8-11,21-22,25-26H,7,12-20H2,1-6H3,(H,33,41)(H,35,36,37,38)/t22?,25?,26-,32?/m1/s1. The third kappa shape index (κ3) is 6.37. The van der Waals surface area contributed by atoms with Crippen molar-refractivity contribution in [2.24, 2.45) is 28.2 Å². The van der Waals surface area contributed by atoms with Crippen molar-refractivity contribution < 1.29 is 9.59 Å². The van der Waals surface area contributed by atoms with E-state index in [0.717, 1.165) is 63.6 Å². The number of amidine groups is 1. The van der Waals surface area contributed by atoms with Crippen LogP contribution in [0, 0.1) is 23.2 Å². The van der Waals surface area contributed by atoms with E-state index in [1.165, 1.54) is 0 Å². The summed E-state index contributed by atoms with van der Waals surface area (Å²) in [6, 6.07) is 7.65. The van der Waals surface area contributed by atoms with E-state index in [2.05, 4.69) is 77.3 Å². The lowest BCUT2D eigenvalue weighted by Crippen LogP contribution is -2.52. The first kappa shape index (κ1) is 30.2. The molecule has 10 heteroatoms. The molecule has 1 saturated carbocycles. The highest BCUT2D eigenvalue weighted by atomic mass is 16.2. The molecule has 2 aromatic rings. The zero-order chi connectivity index (χ0) is 30.1. The fraction of sp³-hybridized carbons (Fsp3) is 0.688. The summed E-state index contributed by atoms with van der Waals surface area (Å²) in [4.78, 5) is 37.1. The summed E-state index contributed by atoms with van der Waals surface area (Å²) in [5, 5.41) is 16.5. The van der Waals surface area contributed by atoms with Crippen LogP contribution < -0.4 is 5.32 Å². The van der Waals surface area contributed by atoms with Crippen LogP contribution in [0.3, 0.4) is 0 Å². The van der Waals surface area contributed by atoms with Crippen molar-refractivity contribution in [3.63, 3.8) is 0 Å². The van der Waals surface area contributed by atoms with Gasteiger partial charge in [0.15, 0.2) is 11.7 Å². The monoisotopic (exact) mass is 576 g/mol. The predicted molar refractivity (Wildman–Crippen MR) is 162 cm³/mol. The van der Waals surface area contributed by atoms with Crippen LogP contribution in [0.1, 0.15) is 114 Å². The van der Waals surface area contributed by atoms with Gasteiger partial charge in [-0.25, -0.2) is 4.99 Å². The zero-order valence-corrected chi connectivity index (χ0v) is 26.2. The van der Waals surface area contributed by atoms with Gasteiger partial charge >= 0.3 is 0 Å². The van der Waals surface area contributed by atoms with E-state index in [-0.39, 0.29) is 29.8 Å². The Hall–Kier alpha value is -3.30. The number of likely N-dealkylation sites (tertiary alicyclic amines) is 1. The summed E-state index contributed by atoms with van der Waals surface area (Å²) in [5.41, 5.74) is 1.34. The minimum Gasteiger partial charge on any atom is -0.352 e. The molecule has 2 fully saturated rings. The molecule has 2 atom stereocenters. The summed E-state index contributed by atoms with van der Waals surface area (Å²) in [5.74, 6) is 2.66. The number of aliphatic imine (C=N–C) groups is 1. The lowest BCUT2D eigenvalue weighted by molar-refractivity contribution is -0.134. The van der Waals surface area contributed by atoms with E-state index in [1.54, 1.807) is 0 Å². The highest BCUT2D eigenvalue weighted by molar-refractivity contribution is 6.39. The topological polar surface area (TPSA) is 119 Å². The van der Waals surface area contributed by atoms with Crippen LogP contribution in [0.4, 0.5) is 0 Å². The number of rotatable bonds is 8. The minimum absolute atomic E-state index is 0.0778. The van der Waals surface area contributed by atoms with Gasteiger partial charge in [-0.2, -0.15) is 5.21 Å². The number of hydrogen-bond acceptors (Lipinski definition) is 7. The molecule has 1 aromatic carbocycles. The summed E-state index contributed by atoms with van der Waals surface area (Å²) >= 11 is 0. The Balaban J connectivity index is 1.44. The second kappa shape index (κ2) is 12.1. The van der Waals surface area contributed by atoms with Crippen molar-refractivity contribution in [2.45, 2.75) is 105 Å². The zero-order valence-electron chi connectivity index (χ0n) is 26.2. The normalized spacial score (nSPS) is 25.4. The van der Waals surface area contributed by atoms with Gasteiger partial charge < -0.3 is 15.1 Å². The van der Waals surface area contributed by atoms with Crippen molar-refractivity contribution >= 4 is 17.6 Å². The Bertz CT molecular complexity index is 1260. The number of tetrazole rings is 1. The average molecular weight is 577 g/mol. The molecule has 10 nitrogen and oxygen atoms in total. The van der Waals surface area contributed by atoms with Crippen molar-refractivity contribution in [3.05, 3.63) is 41.2 Å². The molecule has 1 aromatic heterocycles. The third-order valence-corrected chi connectivity index (χ3v) is 9.59. The molecule has 2 amide bonds. The number of nitrogens with one attached hydrogen (secondary N) is 2. The molecular formula is C32H48N8O2. The number of aromatic amines is 1.